The summed E-state index contributed by atoms with van der Waals surface area (Å²) < 4.78 is 0. The molecule has 2 unspecified atom stereocenters. The van der Waals surface area contributed by atoms with Gasteiger partial charge in [0, 0.05) is 11.7 Å². The van der Waals surface area contributed by atoms with Crippen LogP contribution in [0, 0.1) is 13.8 Å². The van der Waals surface area contributed by atoms with Crippen molar-refractivity contribution in [3.63, 3.8) is 0 Å². The fraction of sp³-hybridized carbons (Fsp3) is 0.500. The number of amides is 1. The van der Waals surface area contributed by atoms with Crippen LogP contribution in [0.3, 0.4) is 0 Å². The van der Waals surface area contributed by atoms with E-state index in [0.29, 0.717) is 0 Å². The number of hydrogen-bond donors (Lipinski definition) is 2. The zero-order valence-electron chi connectivity index (χ0n) is 10.9. The summed E-state index contributed by atoms with van der Waals surface area (Å²) in [6.07, 6.45) is 0.862. The van der Waals surface area contributed by atoms with Gasteiger partial charge in [-0.05, 0) is 56.4 Å². The molecular weight excluding hydrogens is 212 g/mol. The van der Waals surface area contributed by atoms with E-state index in [-0.39, 0.29) is 17.9 Å². The Kier molecular flexibility index (Phi) is 2.96. The molecule has 1 amide bonds. The largest absolute Gasteiger partial charge is 0.328 e. The van der Waals surface area contributed by atoms with Gasteiger partial charge in [-0.1, -0.05) is 6.07 Å². The molecule has 0 aromatic heterocycles. The second-order valence-corrected chi connectivity index (χ2v) is 5.14. The van der Waals surface area contributed by atoms with Gasteiger partial charge in [0.2, 0.25) is 5.91 Å². The topological polar surface area (TPSA) is 55.1 Å². The molecule has 2 rings (SSSR count). The number of rotatable bonds is 2. The first-order chi connectivity index (χ1) is 7.91. The molecule has 0 bridgehead atoms. The highest BCUT2D eigenvalue weighted by Crippen LogP contribution is 2.37. The highest BCUT2D eigenvalue weighted by Gasteiger charge is 2.29. The van der Waals surface area contributed by atoms with Crippen molar-refractivity contribution in [3.8, 4) is 0 Å². The molecule has 1 heterocycles. The quantitative estimate of drug-likeness (QED) is 0.821. The van der Waals surface area contributed by atoms with Crippen LogP contribution < -0.4 is 11.1 Å². The summed E-state index contributed by atoms with van der Waals surface area (Å²) >= 11 is 0. The first-order valence-corrected chi connectivity index (χ1v) is 6.11. The smallest absolute Gasteiger partial charge is 0.231 e. The monoisotopic (exact) mass is 232 g/mol. The zero-order chi connectivity index (χ0) is 12.7. The number of carbonyl (C=O) groups excluding carboxylic acids is 1. The maximum Gasteiger partial charge on any atom is 0.231 e. The first-order valence-electron chi connectivity index (χ1n) is 6.11. The van der Waals surface area contributed by atoms with Crippen molar-refractivity contribution in [3.05, 3.63) is 28.3 Å². The lowest BCUT2D eigenvalue weighted by Gasteiger charge is -2.15. The predicted molar refractivity (Wildman–Crippen MR) is 70.3 cm³/mol. The summed E-state index contributed by atoms with van der Waals surface area (Å²) in [5.74, 6) is 0.0524. The van der Waals surface area contributed by atoms with Gasteiger partial charge >= 0.3 is 0 Å². The van der Waals surface area contributed by atoms with E-state index in [4.69, 9.17) is 5.73 Å². The van der Waals surface area contributed by atoms with Crippen LogP contribution in [-0.4, -0.2) is 11.9 Å². The Labute approximate surface area is 102 Å². The Hall–Kier alpha value is -1.35. The SMILES string of the molecule is Cc1c(CC(C)N)cc2c(c1C)NC(=O)C2C. The molecule has 0 spiro atoms. The minimum absolute atomic E-state index is 0.0452. The fourth-order valence-corrected chi connectivity index (χ4v) is 2.45. The van der Waals surface area contributed by atoms with E-state index in [2.05, 4.69) is 25.2 Å². The molecule has 92 valence electrons. The van der Waals surface area contributed by atoms with Crippen LogP contribution in [-0.2, 0) is 11.2 Å². The zero-order valence-corrected chi connectivity index (χ0v) is 10.9. The number of hydrogen-bond acceptors (Lipinski definition) is 2. The summed E-state index contributed by atoms with van der Waals surface area (Å²) in [6, 6.07) is 2.29. The van der Waals surface area contributed by atoms with E-state index in [1.807, 2.05) is 13.8 Å². The molecule has 1 aliphatic heterocycles. The van der Waals surface area contributed by atoms with Crippen molar-refractivity contribution < 1.29 is 4.79 Å². The molecule has 3 N–H and O–H groups in total. The molecule has 17 heavy (non-hydrogen) atoms. The Morgan fingerprint density at radius 3 is 2.65 bits per heavy atom. The lowest BCUT2D eigenvalue weighted by molar-refractivity contribution is -0.116. The van der Waals surface area contributed by atoms with Crippen molar-refractivity contribution in [2.75, 3.05) is 5.32 Å². The molecule has 0 saturated carbocycles. The molecule has 3 heteroatoms. The summed E-state index contributed by atoms with van der Waals surface area (Å²) in [5.41, 5.74) is 11.7. The van der Waals surface area contributed by atoms with Gasteiger partial charge in [-0.25, -0.2) is 0 Å². The molecule has 0 fully saturated rings. The van der Waals surface area contributed by atoms with Gasteiger partial charge in [-0.15, -0.1) is 0 Å². The first kappa shape index (κ1) is 12.1. The summed E-state index contributed by atoms with van der Waals surface area (Å²) in [5, 5.41) is 2.97. The van der Waals surface area contributed by atoms with Crippen LogP contribution in [0.5, 0.6) is 0 Å². The highest BCUT2D eigenvalue weighted by atomic mass is 16.2. The number of benzene rings is 1. The lowest BCUT2D eigenvalue weighted by Crippen LogP contribution is -2.18. The molecule has 2 atom stereocenters. The maximum atomic E-state index is 11.7. The minimum Gasteiger partial charge on any atom is -0.328 e. The molecule has 1 aliphatic rings. The highest BCUT2D eigenvalue weighted by molar-refractivity contribution is 6.03. The van der Waals surface area contributed by atoms with E-state index in [1.165, 1.54) is 16.7 Å². The van der Waals surface area contributed by atoms with E-state index < -0.39 is 0 Å². The van der Waals surface area contributed by atoms with E-state index in [9.17, 15) is 4.79 Å². The predicted octanol–water partition coefficient (Wildman–Crippen LogP) is 2.25. The third-order valence-corrected chi connectivity index (χ3v) is 3.69. The van der Waals surface area contributed by atoms with Gasteiger partial charge in [-0.3, -0.25) is 4.79 Å². The Balaban J connectivity index is 2.53. The average Bonchev–Trinajstić information content (AvgIpc) is 2.52. The fourth-order valence-electron chi connectivity index (χ4n) is 2.45. The summed E-state index contributed by atoms with van der Waals surface area (Å²) in [6.45, 7) is 8.13. The second kappa shape index (κ2) is 4.15. The number of anilines is 1. The van der Waals surface area contributed by atoms with Crippen LogP contribution >= 0.6 is 0 Å². The van der Waals surface area contributed by atoms with Gasteiger partial charge in [-0.2, -0.15) is 0 Å². The summed E-state index contributed by atoms with van der Waals surface area (Å²) in [4.78, 5) is 11.7. The molecule has 0 saturated heterocycles. The van der Waals surface area contributed by atoms with Gasteiger partial charge in [0.1, 0.15) is 0 Å². The molecular formula is C14H20N2O. The van der Waals surface area contributed by atoms with Crippen molar-refractivity contribution in [2.24, 2.45) is 5.73 Å². The van der Waals surface area contributed by atoms with E-state index >= 15 is 0 Å². The van der Waals surface area contributed by atoms with Crippen LogP contribution in [0.15, 0.2) is 6.07 Å². The third kappa shape index (κ3) is 1.95. The van der Waals surface area contributed by atoms with Crippen molar-refractivity contribution >= 4 is 11.6 Å². The second-order valence-electron chi connectivity index (χ2n) is 5.14. The maximum absolute atomic E-state index is 11.7. The third-order valence-electron chi connectivity index (χ3n) is 3.69. The normalized spacial score (nSPS) is 20.1. The number of fused-ring (bicyclic) bond motifs is 1. The molecule has 0 radical (unpaired) electrons. The van der Waals surface area contributed by atoms with Crippen LogP contribution in [0.25, 0.3) is 0 Å². The Morgan fingerprint density at radius 1 is 1.41 bits per heavy atom. The molecule has 1 aromatic carbocycles. The van der Waals surface area contributed by atoms with Gasteiger partial charge in [0.25, 0.3) is 0 Å². The van der Waals surface area contributed by atoms with E-state index in [0.717, 1.165) is 17.7 Å². The van der Waals surface area contributed by atoms with Gasteiger partial charge in [0.05, 0.1) is 5.92 Å². The minimum atomic E-state index is -0.0452. The molecule has 0 aliphatic carbocycles. The van der Waals surface area contributed by atoms with E-state index in [1.54, 1.807) is 0 Å². The Morgan fingerprint density at radius 2 is 2.06 bits per heavy atom. The number of nitrogens with one attached hydrogen (secondary N) is 1. The number of nitrogens with two attached hydrogens (primary N) is 1. The van der Waals surface area contributed by atoms with Crippen molar-refractivity contribution in [1.29, 1.82) is 0 Å². The van der Waals surface area contributed by atoms with Crippen LogP contribution in [0.2, 0.25) is 0 Å². The molecule has 3 nitrogen and oxygen atoms in total. The number of carbonyl (C=O) groups is 1. The Bertz CT molecular complexity index is 478. The van der Waals surface area contributed by atoms with Gasteiger partial charge in [0.15, 0.2) is 0 Å². The van der Waals surface area contributed by atoms with Crippen molar-refractivity contribution in [1.82, 2.24) is 0 Å². The lowest BCUT2D eigenvalue weighted by atomic mass is 9.91. The standard InChI is InChI=1S/C14H20N2O/c1-7(15)5-11-6-12-10(4)14(17)16-13(12)9(3)8(11)2/h6-7,10H,5,15H2,1-4H3,(H,16,17). The average molecular weight is 232 g/mol. The van der Waals surface area contributed by atoms with Crippen LogP contribution in [0.4, 0.5) is 5.69 Å². The van der Waals surface area contributed by atoms with Crippen LogP contribution in [0.1, 0.15) is 42.0 Å². The summed E-state index contributed by atoms with van der Waals surface area (Å²) in [7, 11) is 0. The molecule has 1 aromatic rings. The van der Waals surface area contributed by atoms with Crippen molar-refractivity contribution in [2.45, 2.75) is 46.1 Å². The van der Waals surface area contributed by atoms with Gasteiger partial charge < -0.3 is 11.1 Å².